The SMILES string of the molecule is CN1C(=O)COc2ccc(-c3cc(-c4ccc(F)cc4)cc(-c4ccc(F)cc4)n3)cc21. The number of halogens is 2. The molecule has 1 amide bonds. The zero-order valence-corrected chi connectivity index (χ0v) is 17.2. The standard InChI is InChI=1S/C26H18F2N2O2/c1-30-24-14-18(6-11-25(24)32-15-26(30)31)23-13-19(16-2-7-20(27)8-3-16)12-22(29-23)17-4-9-21(28)10-5-17/h2-14H,15H2,1H3. The Labute approximate surface area is 183 Å². The highest BCUT2D eigenvalue weighted by Gasteiger charge is 2.23. The third kappa shape index (κ3) is 3.71. The maximum absolute atomic E-state index is 13.5. The first-order valence-corrected chi connectivity index (χ1v) is 10.1. The highest BCUT2D eigenvalue weighted by atomic mass is 19.1. The first-order valence-electron chi connectivity index (χ1n) is 10.1. The first-order chi connectivity index (χ1) is 15.5. The van der Waals surface area contributed by atoms with Crippen LogP contribution in [0, 0.1) is 11.6 Å². The highest BCUT2D eigenvalue weighted by Crippen LogP contribution is 2.37. The lowest BCUT2D eigenvalue weighted by Crippen LogP contribution is -2.35. The van der Waals surface area contributed by atoms with Crippen LogP contribution in [0.1, 0.15) is 0 Å². The van der Waals surface area contributed by atoms with Crippen LogP contribution in [0.3, 0.4) is 0 Å². The van der Waals surface area contributed by atoms with Gasteiger partial charge in [-0.2, -0.15) is 0 Å². The van der Waals surface area contributed by atoms with E-state index in [0.29, 0.717) is 22.8 Å². The van der Waals surface area contributed by atoms with E-state index in [0.717, 1.165) is 22.3 Å². The van der Waals surface area contributed by atoms with E-state index >= 15 is 0 Å². The second kappa shape index (κ2) is 7.89. The Morgan fingerprint density at radius 2 is 1.31 bits per heavy atom. The van der Waals surface area contributed by atoms with Gasteiger partial charge in [0.15, 0.2) is 6.61 Å². The number of hydrogen-bond donors (Lipinski definition) is 0. The minimum absolute atomic E-state index is 0.00979. The summed E-state index contributed by atoms with van der Waals surface area (Å²) < 4.78 is 32.4. The summed E-state index contributed by atoms with van der Waals surface area (Å²) >= 11 is 0. The smallest absolute Gasteiger partial charge is 0.264 e. The number of amides is 1. The molecule has 5 rings (SSSR count). The van der Waals surface area contributed by atoms with Crippen LogP contribution in [0.4, 0.5) is 14.5 Å². The van der Waals surface area contributed by atoms with Crippen LogP contribution in [0.5, 0.6) is 5.75 Å². The number of nitrogens with zero attached hydrogens (tertiary/aromatic N) is 2. The van der Waals surface area contributed by atoms with Crippen molar-refractivity contribution in [1.82, 2.24) is 4.98 Å². The van der Waals surface area contributed by atoms with E-state index in [1.807, 2.05) is 30.3 Å². The van der Waals surface area contributed by atoms with Crippen LogP contribution in [-0.2, 0) is 4.79 Å². The fourth-order valence-corrected chi connectivity index (χ4v) is 3.69. The Hall–Kier alpha value is -4.06. The number of hydrogen-bond acceptors (Lipinski definition) is 3. The quantitative estimate of drug-likeness (QED) is 0.419. The number of aromatic nitrogens is 1. The average molecular weight is 428 g/mol. The molecule has 4 nitrogen and oxygen atoms in total. The molecular weight excluding hydrogens is 410 g/mol. The molecule has 2 heterocycles. The molecule has 32 heavy (non-hydrogen) atoms. The molecule has 3 aromatic carbocycles. The summed E-state index contributed by atoms with van der Waals surface area (Å²) in [6.45, 7) is 0.00979. The molecule has 0 aliphatic carbocycles. The maximum Gasteiger partial charge on any atom is 0.264 e. The Morgan fingerprint density at radius 3 is 1.97 bits per heavy atom. The van der Waals surface area contributed by atoms with Crippen LogP contribution in [-0.4, -0.2) is 24.5 Å². The maximum atomic E-state index is 13.5. The van der Waals surface area contributed by atoms with Crippen molar-refractivity contribution in [1.29, 1.82) is 0 Å². The molecule has 4 aromatic rings. The number of benzene rings is 3. The fourth-order valence-electron chi connectivity index (χ4n) is 3.69. The van der Waals surface area contributed by atoms with E-state index in [-0.39, 0.29) is 24.1 Å². The Morgan fingerprint density at radius 1 is 0.750 bits per heavy atom. The summed E-state index contributed by atoms with van der Waals surface area (Å²) in [5, 5.41) is 0. The molecule has 0 fully saturated rings. The predicted molar refractivity (Wildman–Crippen MR) is 119 cm³/mol. The van der Waals surface area contributed by atoms with Crippen molar-refractivity contribution in [3.05, 3.63) is 90.5 Å². The van der Waals surface area contributed by atoms with Gasteiger partial charge in [-0.05, 0) is 77.9 Å². The third-order valence-corrected chi connectivity index (χ3v) is 5.48. The average Bonchev–Trinajstić information content (AvgIpc) is 2.82. The topological polar surface area (TPSA) is 42.4 Å². The van der Waals surface area contributed by atoms with E-state index in [1.54, 1.807) is 36.2 Å². The summed E-state index contributed by atoms with van der Waals surface area (Å²) in [6, 6.07) is 21.7. The summed E-state index contributed by atoms with van der Waals surface area (Å²) in [5.41, 5.74) is 5.20. The van der Waals surface area contributed by atoms with Crippen LogP contribution in [0.15, 0.2) is 78.9 Å². The summed E-state index contributed by atoms with van der Waals surface area (Å²) in [6.07, 6.45) is 0. The molecule has 0 saturated heterocycles. The molecule has 0 saturated carbocycles. The molecule has 0 bridgehead atoms. The summed E-state index contributed by atoms with van der Waals surface area (Å²) in [5.74, 6) is -0.144. The van der Waals surface area contributed by atoms with Crippen LogP contribution in [0.2, 0.25) is 0 Å². The van der Waals surface area contributed by atoms with Gasteiger partial charge in [0.05, 0.1) is 17.1 Å². The zero-order chi connectivity index (χ0) is 22.2. The fraction of sp³-hybridized carbons (Fsp3) is 0.0769. The first kappa shape index (κ1) is 19.9. The van der Waals surface area contributed by atoms with Crippen LogP contribution in [0.25, 0.3) is 33.6 Å². The molecule has 6 heteroatoms. The largest absolute Gasteiger partial charge is 0.482 e. The van der Waals surface area contributed by atoms with Gasteiger partial charge < -0.3 is 9.64 Å². The van der Waals surface area contributed by atoms with Crippen molar-refractivity contribution in [3.63, 3.8) is 0 Å². The van der Waals surface area contributed by atoms with Gasteiger partial charge in [-0.25, -0.2) is 13.8 Å². The van der Waals surface area contributed by atoms with Gasteiger partial charge in [0, 0.05) is 18.2 Å². The zero-order valence-electron chi connectivity index (χ0n) is 17.2. The number of pyridine rings is 1. The molecule has 0 spiro atoms. The molecule has 0 atom stereocenters. The van der Waals surface area contributed by atoms with E-state index in [4.69, 9.17) is 9.72 Å². The minimum Gasteiger partial charge on any atom is -0.482 e. The molecule has 158 valence electrons. The van der Waals surface area contributed by atoms with E-state index in [2.05, 4.69) is 0 Å². The molecule has 1 aromatic heterocycles. The highest BCUT2D eigenvalue weighted by molar-refractivity contribution is 5.98. The van der Waals surface area contributed by atoms with Crippen molar-refractivity contribution < 1.29 is 18.3 Å². The van der Waals surface area contributed by atoms with Crippen molar-refractivity contribution >= 4 is 11.6 Å². The van der Waals surface area contributed by atoms with Crippen molar-refractivity contribution in [2.45, 2.75) is 0 Å². The van der Waals surface area contributed by atoms with E-state index in [1.165, 1.54) is 24.3 Å². The van der Waals surface area contributed by atoms with E-state index in [9.17, 15) is 13.6 Å². The summed E-state index contributed by atoms with van der Waals surface area (Å²) in [7, 11) is 1.71. The number of carbonyl (C=O) groups is 1. The Balaban J connectivity index is 1.67. The van der Waals surface area contributed by atoms with Gasteiger partial charge in [-0.15, -0.1) is 0 Å². The van der Waals surface area contributed by atoms with Gasteiger partial charge in [0.25, 0.3) is 5.91 Å². The van der Waals surface area contributed by atoms with Gasteiger partial charge in [-0.1, -0.05) is 12.1 Å². The summed E-state index contributed by atoms with van der Waals surface area (Å²) in [4.78, 5) is 18.4. The number of ether oxygens (including phenoxy) is 1. The van der Waals surface area contributed by atoms with Gasteiger partial charge in [-0.3, -0.25) is 4.79 Å². The second-order valence-electron chi connectivity index (χ2n) is 7.56. The van der Waals surface area contributed by atoms with Crippen LogP contribution >= 0.6 is 0 Å². The number of fused-ring (bicyclic) bond motifs is 1. The molecule has 1 aliphatic heterocycles. The second-order valence-corrected chi connectivity index (χ2v) is 7.56. The Kier molecular flexibility index (Phi) is 4.90. The normalized spacial score (nSPS) is 13.0. The van der Waals surface area contributed by atoms with Gasteiger partial charge in [0.1, 0.15) is 17.4 Å². The number of carbonyl (C=O) groups excluding carboxylic acids is 1. The van der Waals surface area contributed by atoms with Crippen molar-refractivity contribution in [2.24, 2.45) is 0 Å². The predicted octanol–water partition coefficient (Wildman–Crippen LogP) is 5.72. The lowest BCUT2D eigenvalue weighted by molar-refractivity contribution is -0.120. The van der Waals surface area contributed by atoms with E-state index < -0.39 is 0 Å². The lowest BCUT2D eigenvalue weighted by Gasteiger charge is -2.26. The molecule has 0 unspecified atom stereocenters. The Bertz CT molecular complexity index is 1260. The number of likely N-dealkylation sites (N-methyl/N-ethyl adjacent to an activating group) is 1. The van der Waals surface area contributed by atoms with Crippen molar-refractivity contribution in [2.75, 3.05) is 18.6 Å². The van der Waals surface area contributed by atoms with Gasteiger partial charge in [0.2, 0.25) is 0 Å². The third-order valence-electron chi connectivity index (χ3n) is 5.48. The molecular formula is C26H18F2N2O2. The van der Waals surface area contributed by atoms with Gasteiger partial charge >= 0.3 is 0 Å². The minimum atomic E-state index is -0.328. The number of anilines is 1. The molecule has 0 N–H and O–H groups in total. The molecule has 1 aliphatic rings. The lowest BCUT2D eigenvalue weighted by atomic mass is 9.99. The number of rotatable bonds is 3. The van der Waals surface area contributed by atoms with Crippen molar-refractivity contribution in [3.8, 4) is 39.4 Å². The van der Waals surface area contributed by atoms with Crippen LogP contribution < -0.4 is 9.64 Å². The monoisotopic (exact) mass is 428 g/mol. The molecule has 0 radical (unpaired) electrons.